The fourth-order valence-electron chi connectivity index (χ4n) is 1.65. The maximum absolute atomic E-state index is 11.0. The van der Waals surface area contributed by atoms with Gasteiger partial charge in [0.1, 0.15) is 6.10 Å². The van der Waals surface area contributed by atoms with E-state index in [2.05, 4.69) is 4.74 Å². The van der Waals surface area contributed by atoms with Crippen LogP contribution in [0.2, 0.25) is 0 Å². The van der Waals surface area contributed by atoms with E-state index in [0.29, 0.717) is 0 Å². The Morgan fingerprint density at radius 3 is 2.25 bits per heavy atom. The predicted molar refractivity (Wildman–Crippen MR) is 50.5 cm³/mol. The number of aliphatic hydroxyl groups excluding tert-OH is 5. The summed E-state index contributed by atoms with van der Waals surface area (Å²) in [6, 6.07) is 0. The molecule has 0 spiro atoms. The Kier molecular flexibility index (Phi) is 3.41. The van der Waals surface area contributed by atoms with Gasteiger partial charge in [0.2, 0.25) is 11.4 Å². The second-order valence-electron chi connectivity index (χ2n) is 3.73. The third-order valence-electron chi connectivity index (χ3n) is 2.40. The second kappa shape index (κ2) is 4.28. The molecule has 0 aromatic rings. The smallest absolute Gasteiger partial charge is 0.378 e. The van der Waals surface area contributed by atoms with Gasteiger partial charge in [0.05, 0.1) is 12.7 Å². The number of hydrogen-bond acceptors (Lipinski definition) is 7. The molecule has 1 unspecified atom stereocenters. The molecule has 92 valence electrons. The van der Waals surface area contributed by atoms with Crippen molar-refractivity contribution in [3.8, 4) is 0 Å². The highest BCUT2D eigenvalue weighted by Crippen LogP contribution is 2.37. The molecule has 16 heavy (non-hydrogen) atoms. The van der Waals surface area contributed by atoms with E-state index in [1.807, 2.05) is 0 Å². The topological polar surface area (TPSA) is 127 Å². The van der Waals surface area contributed by atoms with Gasteiger partial charge < -0.3 is 30.3 Å². The largest absolute Gasteiger partial charge is 0.505 e. The Morgan fingerprint density at radius 1 is 1.38 bits per heavy atom. The maximum atomic E-state index is 11.0. The quantitative estimate of drug-likeness (QED) is 0.384. The minimum absolute atomic E-state index is 0.337. The molecular formula is C9H14O7. The van der Waals surface area contributed by atoms with Crippen LogP contribution in [0.4, 0.5) is 0 Å². The molecule has 3 atom stereocenters. The fourth-order valence-corrected chi connectivity index (χ4v) is 1.65. The van der Waals surface area contributed by atoms with Crippen LogP contribution >= 0.6 is 0 Å². The lowest BCUT2D eigenvalue weighted by molar-refractivity contribution is -0.168. The molecule has 1 aliphatic heterocycles. The first-order chi connectivity index (χ1) is 7.35. The maximum Gasteiger partial charge on any atom is 0.378 e. The number of esters is 1. The molecule has 0 radical (unpaired) electrons. The Morgan fingerprint density at radius 2 is 1.94 bits per heavy atom. The normalized spacial score (nSPS) is 29.1. The lowest BCUT2D eigenvalue weighted by Gasteiger charge is -2.32. The predicted octanol–water partition coefficient (Wildman–Crippen LogP) is -1.27. The molecule has 0 amide bonds. The van der Waals surface area contributed by atoms with Crippen LogP contribution in [0.5, 0.6) is 0 Å². The average molecular weight is 234 g/mol. The van der Waals surface area contributed by atoms with Crippen molar-refractivity contribution in [2.75, 3.05) is 6.61 Å². The van der Waals surface area contributed by atoms with E-state index in [1.54, 1.807) is 0 Å². The molecule has 5 N–H and O–H groups in total. The van der Waals surface area contributed by atoms with Crippen molar-refractivity contribution in [1.82, 2.24) is 0 Å². The van der Waals surface area contributed by atoms with Crippen molar-refractivity contribution in [1.29, 1.82) is 0 Å². The highest BCUT2D eigenvalue weighted by Gasteiger charge is 2.54. The Hall–Kier alpha value is -1.31. The fraction of sp³-hybridized carbons (Fsp3) is 0.667. The number of hydrogen-bond donors (Lipinski definition) is 5. The number of carbonyl (C=O) groups excluding carboxylic acids is 1. The molecule has 0 aromatic carbocycles. The van der Waals surface area contributed by atoms with Crippen LogP contribution in [-0.4, -0.2) is 55.9 Å². The molecule has 1 aliphatic rings. The zero-order chi connectivity index (χ0) is 12.5. The second-order valence-corrected chi connectivity index (χ2v) is 3.73. The number of aliphatic hydroxyl groups is 5. The van der Waals surface area contributed by atoms with E-state index < -0.39 is 41.9 Å². The van der Waals surface area contributed by atoms with E-state index in [9.17, 15) is 20.1 Å². The van der Waals surface area contributed by atoms with E-state index in [1.165, 1.54) is 6.92 Å². The summed E-state index contributed by atoms with van der Waals surface area (Å²) < 4.78 is 4.65. The van der Waals surface area contributed by atoms with Crippen LogP contribution in [0.1, 0.15) is 13.3 Å². The van der Waals surface area contributed by atoms with Crippen molar-refractivity contribution in [2.24, 2.45) is 0 Å². The number of rotatable bonds is 4. The number of carbonyl (C=O) groups is 1. The van der Waals surface area contributed by atoms with Gasteiger partial charge in [0, 0.05) is 6.42 Å². The Balaban J connectivity index is 3.12. The summed E-state index contributed by atoms with van der Waals surface area (Å²) in [6.45, 7) is 0.555. The molecule has 7 heteroatoms. The van der Waals surface area contributed by atoms with Gasteiger partial charge in [-0.3, -0.25) is 0 Å². The van der Waals surface area contributed by atoms with Gasteiger partial charge in [0.15, 0.2) is 5.76 Å². The summed E-state index contributed by atoms with van der Waals surface area (Å²) >= 11 is 0. The van der Waals surface area contributed by atoms with Gasteiger partial charge in [-0.1, -0.05) is 0 Å². The van der Waals surface area contributed by atoms with Crippen molar-refractivity contribution in [3.05, 3.63) is 11.5 Å². The highest BCUT2D eigenvalue weighted by molar-refractivity contribution is 5.90. The van der Waals surface area contributed by atoms with Crippen molar-refractivity contribution < 1.29 is 35.1 Å². The monoisotopic (exact) mass is 234 g/mol. The molecule has 0 fully saturated rings. The molecule has 1 heterocycles. The standard InChI is InChI=1S/C9H14O7/c1-4(11)2-9(5(12)3-10)7(14)6(13)8(15)16-9/h4-5,10-14H,2-3H2,1H3/t4?,5-,9+/m0/s1. The van der Waals surface area contributed by atoms with Gasteiger partial charge in [0.25, 0.3) is 0 Å². The third kappa shape index (κ3) is 1.84. The molecule has 0 saturated carbocycles. The van der Waals surface area contributed by atoms with Gasteiger partial charge in [-0.15, -0.1) is 0 Å². The van der Waals surface area contributed by atoms with E-state index in [4.69, 9.17) is 10.2 Å². The lowest BCUT2D eigenvalue weighted by Crippen LogP contribution is -2.48. The highest BCUT2D eigenvalue weighted by atomic mass is 16.6. The summed E-state index contributed by atoms with van der Waals surface area (Å²) in [5.41, 5.74) is -1.98. The summed E-state index contributed by atoms with van der Waals surface area (Å²) in [6.07, 6.45) is -2.98. The first kappa shape index (κ1) is 12.8. The van der Waals surface area contributed by atoms with Crippen LogP contribution in [0.25, 0.3) is 0 Å². The van der Waals surface area contributed by atoms with Crippen LogP contribution in [0, 0.1) is 0 Å². The van der Waals surface area contributed by atoms with E-state index in [0.717, 1.165) is 0 Å². The zero-order valence-corrected chi connectivity index (χ0v) is 8.62. The minimum atomic E-state index is -1.98. The van der Waals surface area contributed by atoms with Gasteiger partial charge in [-0.05, 0) is 6.92 Å². The van der Waals surface area contributed by atoms with Crippen molar-refractivity contribution in [2.45, 2.75) is 31.2 Å². The Bertz CT molecular complexity index is 322. The average Bonchev–Trinajstić information content (AvgIpc) is 2.42. The summed E-state index contributed by atoms with van der Waals surface area (Å²) in [5, 5.41) is 46.2. The van der Waals surface area contributed by atoms with Crippen molar-refractivity contribution >= 4 is 5.97 Å². The molecule has 0 aromatic heterocycles. The SMILES string of the molecule is CC(O)C[C@]1([C@@H](O)CO)OC(=O)C(O)=C1O. The van der Waals surface area contributed by atoms with Gasteiger partial charge >= 0.3 is 5.97 Å². The molecular weight excluding hydrogens is 220 g/mol. The zero-order valence-electron chi connectivity index (χ0n) is 8.62. The molecule has 7 nitrogen and oxygen atoms in total. The first-order valence-electron chi connectivity index (χ1n) is 4.68. The summed E-state index contributed by atoms with van der Waals surface area (Å²) in [4.78, 5) is 11.0. The van der Waals surface area contributed by atoms with Crippen LogP contribution in [0.15, 0.2) is 11.5 Å². The van der Waals surface area contributed by atoms with Gasteiger partial charge in [-0.25, -0.2) is 4.79 Å². The van der Waals surface area contributed by atoms with Crippen LogP contribution in [-0.2, 0) is 9.53 Å². The van der Waals surface area contributed by atoms with Crippen LogP contribution in [0.3, 0.4) is 0 Å². The summed E-state index contributed by atoms with van der Waals surface area (Å²) in [7, 11) is 0. The third-order valence-corrected chi connectivity index (χ3v) is 2.40. The molecule has 1 rings (SSSR count). The molecule has 0 saturated heterocycles. The minimum Gasteiger partial charge on any atom is -0.505 e. The lowest BCUT2D eigenvalue weighted by atomic mass is 9.89. The van der Waals surface area contributed by atoms with Crippen molar-refractivity contribution in [3.63, 3.8) is 0 Å². The van der Waals surface area contributed by atoms with E-state index >= 15 is 0 Å². The number of ether oxygens (including phenoxy) is 1. The first-order valence-corrected chi connectivity index (χ1v) is 4.68. The number of cyclic esters (lactones) is 1. The molecule has 0 aliphatic carbocycles. The van der Waals surface area contributed by atoms with E-state index in [-0.39, 0.29) is 6.42 Å². The Labute approximate surface area is 91.2 Å². The molecule has 0 bridgehead atoms. The van der Waals surface area contributed by atoms with Gasteiger partial charge in [-0.2, -0.15) is 0 Å². The van der Waals surface area contributed by atoms with Crippen LogP contribution < -0.4 is 0 Å². The summed E-state index contributed by atoms with van der Waals surface area (Å²) in [5.74, 6) is -3.10.